The summed E-state index contributed by atoms with van der Waals surface area (Å²) in [6.45, 7) is 1.98. The van der Waals surface area contributed by atoms with Crippen LogP contribution in [0.4, 0.5) is 0 Å². The van der Waals surface area contributed by atoms with Gasteiger partial charge in [-0.25, -0.2) is 15.0 Å². The maximum absolute atomic E-state index is 4.70. The number of thioether (sulfide) groups is 1. The van der Waals surface area contributed by atoms with Crippen molar-refractivity contribution in [2.75, 3.05) is 6.26 Å². The van der Waals surface area contributed by atoms with Crippen LogP contribution in [-0.4, -0.2) is 21.2 Å². The van der Waals surface area contributed by atoms with Crippen molar-refractivity contribution < 1.29 is 0 Å². The summed E-state index contributed by atoms with van der Waals surface area (Å²) in [4.78, 5) is 13.7. The number of rotatable bonds is 3. The van der Waals surface area contributed by atoms with Gasteiger partial charge in [0.05, 0.1) is 5.69 Å². The molecule has 0 spiro atoms. The van der Waals surface area contributed by atoms with Crippen molar-refractivity contribution in [3.8, 4) is 22.8 Å². The molecule has 1 aromatic carbocycles. The number of pyridine rings is 1. The van der Waals surface area contributed by atoms with Crippen LogP contribution in [0.3, 0.4) is 0 Å². The predicted octanol–water partition coefficient (Wildman–Crippen LogP) is 4.24. The topological polar surface area (TPSA) is 38.7 Å². The van der Waals surface area contributed by atoms with Crippen LogP contribution < -0.4 is 0 Å². The van der Waals surface area contributed by atoms with Gasteiger partial charge in [0.2, 0.25) is 0 Å². The molecule has 0 N–H and O–H groups in total. The van der Waals surface area contributed by atoms with Crippen molar-refractivity contribution in [2.24, 2.45) is 0 Å². The Morgan fingerprint density at radius 2 is 1.57 bits per heavy atom. The maximum Gasteiger partial charge on any atom is 0.179 e. The van der Waals surface area contributed by atoms with Gasteiger partial charge in [-0.3, -0.25) is 0 Å². The zero-order valence-corrected chi connectivity index (χ0v) is 12.8. The zero-order valence-electron chi connectivity index (χ0n) is 11.9. The van der Waals surface area contributed by atoms with E-state index < -0.39 is 0 Å². The van der Waals surface area contributed by atoms with Gasteiger partial charge < -0.3 is 0 Å². The first kappa shape index (κ1) is 13.8. The summed E-state index contributed by atoms with van der Waals surface area (Å²) in [7, 11) is 0. The van der Waals surface area contributed by atoms with Crippen molar-refractivity contribution in [1.29, 1.82) is 0 Å². The average Bonchev–Trinajstić information content (AvgIpc) is 2.55. The lowest BCUT2D eigenvalue weighted by Gasteiger charge is -2.06. The van der Waals surface area contributed by atoms with Gasteiger partial charge >= 0.3 is 0 Å². The standard InChI is InChI=1S/C17H15N3S/c1-12-11-16(21-2)20-17(18-12)15-10-6-9-14(19-15)13-7-4-3-5-8-13/h3-11H,1-2H3. The maximum atomic E-state index is 4.70. The molecule has 104 valence electrons. The summed E-state index contributed by atoms with van der Waals surface area (Å²) < 4.78 is 0. The quantitative estimate of drug-likeness (QED) is 0.535. The molecule has 0 aliphatic carbocycles. The van der Waals surface area contributed by atoms with E-state index in [1.807, 2.05) is 55.6 Å². The fourth-order valence-corrected chi connectivity index (χ4v) is 2.55. The molecule has 0 amide bonds. The second-order valence-corrected chi connectivity index (χ2v) is 5.48. The number of aromatic nitrogens is 3. The van der Waals surface area contributed by atoms with Crippen molar-refractivity contribution in [3.05, 3.63) is 60.3 Å². The lowest BCUT2D eigenvalue weighted by atomic mass is 10.1. The second kappa shape index (κ2) is 6.06. The Labute approximate surface area is 128 Å². The molecule has 0 saturated heterocycles. The molecule has 0 aliphatic rings. The first-order chi connectivity index (χ1) is 10.3. The number of benzene rings is 1. The molecule has 0 saturated carbocycles. The highest BCUT2D eigenvalue weighted by atomic mass is 32.2. The van der Waals surface area contributed by atoms with Gasteiger partial charge in [-0.05, 0) is 31.4 Å². The van der Waals surface area contributed by atoms with Gasteiger partial charge in [0.15, 0.2) is 5.82 Å². The Kier molecular flexibility index (Phi) is 3.97. The van der Waals surface area contributed by atoms with Crippen LogP contribution >= 0.6 is 11.8 Å². The van der Waals surface area contributed by atoms with Gasteiger partial charge in [-0.2, -0.15) is 0 Å². The summed E-state index contributed by atoms with van der Waals surface area (Å²) in [6, 6.07) is 18.1. The highest BCUT2D eigenvalue weighted by molar-refractivity contribution is 7.98. The fraction of sp³-hybridized carbons (Fsp3) is 0.118. The summed E-state index contributed by atoms with van der Waals surface area (Å²) in [5.74, 6) is 0.678. The Hall–Kier alpha value is -2.20. The minimum atomic E-state index is 0.678. The van der Waals surface area contributed by atoms with Crippen molar-refractivity contribution in [1.82, 2.24) is 15.0 Å². The molecule has 0 unspecified atom stereocenters. The van der Waals surface area contributed by atoms with Gasteiger partial charge in [-0.1, -0.05) is 36.4 Å². The molecule has 0 bridgehead atoms. The van der Waals surface area contributed by atoms with E-state index in [4.69, 9.17) is 4.98 Å². The van der Waals surface area contributed by atoms with Crippen LogP contribution in [0.1, 0.15) is 5.69 Å². The fourth-order valence-electron chi connectivity index (χ4n) is 2.09. The SMILES string of the molecule is CSc1cc(C)nc(-c2cccc(-c3ccccc3)n2)n1. The molecule has 0 radical (unpaired) electrons. The van der Waals surface area contributed by atoms with Crippen molar-refractivity contribution >= 4 is 11.8 Å². The molecule has 4 heteroatoms. The monoisotopic (exact) mass is 293 g/mol. The van der Waals surface area contributed by atoms with Gasteiger partial charge in [0.1, 0.15) is 10.7 Å². The molecule has 3 rings (SSSR count). The molecule has 21 heavy (non-hydrogen) atoms. The predicted molar refractivity (Wildman–Crippen MR) is 87.2 cm³/mol. The van der Waals surface area contributed by atoms with Gasteiger partial charge in [0, 0.05) is 11.3 Å². The summed E-state index contributed by atoms with van der Waals surface area (Å²) in [5, 5.41) is 0.962. The first-order valence-corrected chi connectivity index (χ1v) is 7.91. The molecule has 2 heterocycles. The van der Waals surface area contributed by atoms with Crippen molar-refractivity contribution in [2.45, 2.75) is 11.9 Å². The number of hydrogen-bond donors (Lipinski definition) is 0. The first-order valence-electron chi connectivity index (χ1n) is 6.69. The van der Waals surface area contributed by atoms with Crippen LogP contribution in [0.25, 0.3) is 22.8 Å². The highest BCUT2D eigenvalue weighted by Crippen LogP contribution is 2.22. The van der Waals surface area contributed by atoms with E-state index in [1.165, 1.54) is 0 Å². The molecule has 0 fully saturated rings. The van der Waals surface area contributed by atoms with E-state index in [2.05, 4.69) is 22.1 Å². The number of nitrogens with zero attached hydrogens (tertiary/aromatic N) is 3. The van der Waals surface area contributed by atoms with Crippen LogP contribution in [0.15, 0.2) is 59.6 Å². The molecular weight excluding hydrogens is 278 g/mol. The molecule has 3 nitrogen and oxygen atoms in total. The van der Waals surface area contributed by atoms with Gasteiger partial charge in [0.25, 0.3) is 0 Å². The van der Waals surface area contributed by atoms with Crippen molar-refractivity contribution in [3.63, 3.8) is 0 Å². The van der Waals surface area contributed by atoms with Crippen LogP contribution in [0, 0.1) is 6.92 Å². The molecular formula is C17H15N3S. The van der Waals surface area contributed by atoms with E-state index in [-0.39, 0.29) is 0 Å². The molecule has 0 aliphatic heterocycles. The molecule has 0 atom stereocenters. The van der Waals surface area contributed by atoms with E-state index in [1.54, 1.807) is 11.8 Å². The minimum absolute atomic E-state index is 0.678. The number of hydrogen-bond acceptors (Lipinski definition) is 4. The Bertz CT molecular complexity index is 757. The van der Waals surface area contributed by atoms with Crippen LogP contribution in [-0.2, 0) is 0 Å². The summed E-state index contributed by atoms with van der Waals surface area (Å²) in [5.41, 5.74) is 3.78. The van der Waals surface area contributed by atoms with E-state index in [0.717, 1.165) is 27.7 Å². The molecule has 3 aromatic rings. The zero-order chi connectivity index (χ0) is 14.7. The Balaban J connectivity index is 2.06. The number of aryl methyl sites for hydroxylation is 1. The average molecular weight is 293 g/mol. The van der Waals surface area contributed by atoms with Crippen LogP contribution in [0.2, 0.25) is 0 Å². The smallest absolute Gasteiger partial charge is 0.179 e. The third kappa shape index (κ3) is 3.11. The Morgan fingerprint density at radius 1 is 0.810 bits per heavy atom. The normalized spacial score (nSPS) is 10.6. The summed E-state index contributed by atoms with van der Waals surface area (Å²) >= 11 is 1.61. The second-order valence-electron chi connectivity index (χ2n) is 4.65. The Morgan fingerprint density at radius 3 is 2.33 bits per heavy atom. The van der Waals surface area contributed by atoms with Gasteiger partial charge in [-0.15, -0.1) is 11.8 Å². The third-order valence-corrected chi connectivity index (χ3v) is 3.72. The minimum Gasteiger partial charge on any atom is -0.244 e. The largest absolute Gasteiger partial charge is 0.244 e. The lowest BCUT2D eigenvalue weighted by molar-refractivity contribution is 1.01. The molecule has 2 aromatic heterocycles. The highest BCUT2D eigenvalue weighted by Gasteiger charge is 2.07. The lowest BCUT2D eigenvalue weighted by Crippen LogP contribution is -1.96. The summed E-state index contributed by atoms with van der Waals surface area (Å²) in [6.07, 6.45) is 2.01. The van der Waals surface area contributed by atoms with E-state index >= 15 is 0 Å². The third-order valence-electron chi connectivity index (χ3n) is 3.09. The van der Waals surface area contributed by atoms with E-state index in [0.29, 0.717) is 5.82 Å². The van der Waals surface area contributed by atoms with Crippen LogP contribution in [0.5, 0.6) is 0 Å². The van der Waals surface area contributed by atoms with E-state index in [9.17, 15) is 0 Å².